The Morgan fingerprint density at radius 1 is 0.545 bits per heavy atom. The first-order valence-corrected chi connectivity index (χ1v) is 18.1. The number of benzene rings is 3. The number of pyridine rings is 2. The molecule has 0 saturated carbocycles. The van der Waals surface area contributed by atoms with E-state index in [2.05, 4.69) is 45.1 Å². The molecule has 6 rings (SSSR count). The standard InChI is InChI=1S/C43H50N4O8/c1-48-36-11-9-10-35(41(36)53-6)47(27-29-13-17-45-34(21-29)31-24-39(51-4)43(55-8)40(25-31)52-5)32-14-18-46(19-15-32)26-28-12-16-44-33(20-28)30-22-37(49-2)42(54-7)38(23-30)50-3/h9-13,16-17,20-25,32H,14-15,18-19,26-27H2,1-8H3. The Labute approximate surface area is 323 Å². The van der Waals surface area contributed by atoms with Crippen molar-refractivity contribution < 1.29 is 37.9 Å². The van der Waals surface area contributed by atoms with Crippen molar-refractivity contribution in [2.24, 2.45) is 0 Å². The molecule has 0 spiro atoms. The molecule has 0 atom stereocenters. The lowest BCUT2D eigenvalue weighted by Crippen LogP contribution is -2.44. The third kappa shape index (κ3) is 8.44. The Bertz CT molecular complexity index is 2020. The number of piperidine rings is 1. The van der Waals surface area contributed by atoms with Gasteiger partial charge in [0.2, 0.25) is 11.5 Å². The highest BCUT2D eigenvalue weighted by Crippen LogP contribution is 2.43. The van der Waals surface area contributed by atoms with E-state index in [-0.39, 0.29) is 6.04 Å². The Balaban J connectivity index is 1.24. The summed E-state index contributed by atoms with van der Waals surface area (Å²) in [5.41, 5.74) is 6.65. The van der Waals surface area contributed by atoms with Crippen molar-refractivity contribution >= 4 is 5.69 Å². The molecule has 0 amide bonds. The van der Waals surface area contributed by atoms with Crippen LogP contribution >= 0.6 is 0 Å². The summed E-state index contributed by atoms with van der Waals surface area (Å²) in [5.74, 6) is 4.82. The second kappa shape index (κ2) is 18.0. The maximum Gasteiger partial charge on any atom is 0.203 e. The molecule has 2 aromatic heterocycles. The van der Waals surface area contributed by atoms with Crippen molar-refractivity contribution in [3.63, 3.8) is 0 Å². The van der Waals surface area contributed by atoms with Gasteiger partial charge in [-0.3, -0.25) is 14.9 Å². The molecule has 55 heavy (non-hydrogen) atoms. The highest BCUT2D eigenvalue weighted by atomic mass is 16.5. The highest BCUT2D eigenvalue weighted by Gasteiger charge is 2.28. The molecule has 1 fully saturated rings. The van der Waals surface area contributed by atoms with Crippen LogP contribution in [0.1, 0.15) is 24.0 Å². The molecule has 0 N–H and O–H groups in total. The van der Waals surface area contributed by atoms with Crippen molar-refractivity contribution in [3.8, 4) is 68.5 Å². The predicted molar refractivity (Wildman–Crippen MR) is 213 cm³/mol. The minimum atomic E-state index is 0.238. The first-order valence-electron chi connectivity index (χ1n) is 18.1. The normalized spacial score (nSPS) is 13.2. The van der Waals surface area contributed by atoms with Crippen LogP contribution in [0, 0.1) is 0 Å². The Hall–Kier alpha value is -5.88. The van der Waals surface area contributed by atoms with Crippen LogP contribution in [-0.4, -0.2) is 90.9 Å². The van der Waals surface area contributed by atoms with Crippen molar-refractivity contribution in [1.82, 2.24) is 14.9 Å². The molecule has 12 nitrogen and oxygen atoms in total. The van der Waals surface area contributed by atoms with Gasteiger partial charge in [0.05, 0.1) is 74.0 Å². The van der Waals surface area contributed by atoms with E-state index >= 15 is 0 Å². The zero-order valence-corrected chi connectivity index (χ0v) is 32.9. The molecule has 5 aromatic rings. The summed E-state index contributed by atoms with van der Waals surface area (Å²) in [6, 6.07) is 22.4. The number of hydrogen-bond donors (Lipinski definition) is 0. The molecule has 12 heteroatoms. The van der Waals surface area contributed by atoms with E-state index in [1.165, 1.54) is 5.56 Å². The average molecular weight is 751 g/mol. The molecule has 1 saturated heterocycles. The molecular formula is C43H50N4O8. The number of methoxy groups -OCH3 is 8. The van der Waals surface area contributed by atoms with E-state index in [0.717, 1.165) is 66.2 Å². The smallest absolute Gasteiger partial charge is 0.203 e. The van der Waals surface area contributed by atoms with Crippen LogP contribution in [0.5, 0.6) is 46.0 Å². The molecule has 1 aliphatic heterocycles. The Morgan fingerprint density at radius 3 is 1.49 bits per heavy atom. The number of para-hydroxylation sites is 1. The number of hydrogen-bond acceptors (Lipinski definition) is 12. The monoisotopic (exact) mass is 750 g/mol. The van der Waals surface area contributed by atoms with Crippen LogP contribution in [0.2, 0.25) is 0 Å². The van der Waals surface area contributed by atoms with Crippen molar-refractivity contribution in [2.75, 3.05) is 74.9 Å². The van der Waals surface area contributed by atoms with Gasteiger partial charge in [0.1, 0.15) is 0 Å². The predicted octanol–water partition coefficient (Wildman–Crippen LogP) is 7.55. The Kier molecular flexibility index (Phi) is 12.7. The van der Waals surface area contributed by atoms with E-state index in [1.807, 2.05) is 48.8 Å². The maximum absolute atomic E-state index is 5.97. The molecule has 0 bridgehead atoms. The van der Waals surface area contributed by atoms with Gasteiger partial charge in [-0.2, -0.15) is 0 Å². The molecule has 1 aliphatic rings. The summed E-state index contributed by atoms with van der Waals surface area (Å²) in [4.78, 5) is 14.3. The first kappa shape index (κ1) is 38.8. The third-order valence-electron chi connectivity index (χ3n) is 10.0. The number of nitrogens with zero attached hydrogens (tertiary/aromatic N) is 4. The summed E-state index contributed by atoms with van der Waals surface area (Å²) >= 11 is 0. The summed E-state index contributed by atoms with van der Waals surface area (Å²) in [6.07, 6.45) is 5.61. The van der Waals surface area contributed by atoms with Crippen molar-refractivity contribution in [1.29, 1.82) is 0 Å². The van der Waals surface area contributed by atoms with E-state index in [4.69, 9.17) is 42.9 Å². The molecular weight excluding hydrogens is 700 g/mol. The van der Waals surface area contributed by atoms with Crippen LogP contribution in [-0.2, 0) is 13.1 Å². The third-order valence-corrected chi connectivity index (χ3v) is 10.0. The van der Waals surface area contributed by atoms with Crippen LogP contribution in [0.25, 0.3) is 22.5 Å². The molecule has 0 unspecified atom stereocenters. The first-order chi connectivity index (χ1) is 26.9. The molecule has 0 aliphatic carbocycles. The fourth-order valence-corrected chi connectivity index (χ4v) is 7.27. The van der Waals surface area contributed by atoms with Gasteiger partial charge in [-0.05, 0) is 84.6 Å². The fourth-order valence-electron chi connectivity index (χ4n) is 7.27. The largest absolute Gasteiger partial charge is 0.493 e. The minimum Gasteiger partial charge on any atom is -0.493 e. The Morgan fingerprint density at radius 2 is 1.02 bits per heavy atom. The van der Waals surface area contributed by atoms with Gasteiger partial charge in [-0.25, -0.2) is 0 Å². The van der Waals surface area contributed by atoms with Gasteiger partial charge in [0.25, 0.3) is 0 Å². The zero-order chi connectivity index (χ0) is 38.9. The van der Waals surface area contributed by atoms with E-state index in [1.54, 1.807) is 56.9 Å². The van der Waals surface area contributed by atoms with Gasteiger partial charge < -0.3 is 42.8 Å². The van der Waals surface area contributed by atoms with E-state index < -0.39 is 0 Å². The van der Waals surface area contributed by atoms with Gasteiger partial charge in [0.15, 0.2) is 34.5 Å². The van der Waals surface area contributed by atoms with Crippen molar-refractivity contribution in [3.05, 3.63) is 90.3 Å². The number of rotatable bonds is 16. The van der Waals surface area contributed by atoms with E-state index in [0.29, 0.717) is 52.5 Å². The summed E-state index contributed by atoms with van der Waals surface area (Å²) < 4.78 is 45.2. The average Bonchev–Trinajstić information content (AvgIpc) is 3.24. The lowest BCUT2D eigenvalue weighted by atomic mass is 9.99. The lowest BCUT2D eigenvalue weighted by molar-refractivity contribution is 0.200. The van der Waals surface area contributed by atoms with Gasteiger partial charge in [-0.15, -0.1) is 0 Å². The van der Waals surface area contributed by atoms with Gasteiger partial charge in [-0.1, -0.05) is 6.07 Å². The SMILES string of the molecule is COc1cc(-c2cc(CN3CCC(N(Cc4ccnc(-c5cc(OC)c(OC)c(OC)c5)c4)c4cccc(OC)c4OC)CC3)ccn2)cc(OC)c1OC. The molecule has 3 aromatic carbocycles. The molecule has 3 heterocycles. The fraction of sp³-hybridized carbons (Fsp3) is 0.349. The number of ether oxygens (including phenoxy) is 8. The summed E-state index contributed by atoms with van der Waals surface area (Å²) in [6.45, 7) is 3.28. The second-order valence-corrected chi connectivity index (χ2v) is 13.1. The van der Waals surface area contributed by atoms with Gasteiger partial charge >= 0.3 is 0 Å². The number of aromatic nitrogens is 2. The second-order valence-electron chi connectivity index (χ2n) is 13.1. The number of likely N-dealkylation sites (tertiary alicyclic amines) is 1. The number of anilines is 1. The van der Waals surface area contributed by atoms with Crippen molar-refractivity contribution in [2.45, 2.75) is 32.0 Å². The lowest BCUT2D eigenvalue weighted by Gasteiger charge is -2.40. The highest BCUT2D eigenvalue weighted by molar-refractivity contribution is 5.71. The topological polar surface area (TPSA) is 106 Å². The van der Waals surface area contributed by atoms with Crippen LogP contribution < -0.4 is 42.8 Å². The molecule has 290 valence electrons. The zero-order valence-electron chi connectivity index (χ0n) is 32.9. The van der Waals surface area contributed by atoms with Crippen LogP contribution in [0.4, 0.5) is 5.69 Å². The van der Waals surface area contributed by atoms with Gasteiger partial charge in [0, 0.05) is 55.7 Å². The molecule has 0 radical (unpaired) electrons. The van der Waals surface area contributed by atoms with E-state index in [9.17, 15) is 0 Å². The van der Waals surface area contributed by atoms with Crippen LogP contribution in [0.3, 0.4) is 0 Å². The maximum atomic E-state index is 5.97. The summed E-state index contributed by atoms with van der Waals surface area (Å²) in [7, 11) is 13.0. The quantitative estimate of drug-likeness (QED) is 0.0995. The summed E-state index contributed by atoms with van der Waals surface area (Å²) in [5, 5.41) is 0. The van der Waals surface area contributed by atoms with Crippen LogP contribution in [0.15, 0.2) is 79.1 Å². The minimum absolute atomic E-state index is 0.238.